The maximum Gasteiger partial charge on any atom is 0.255 e. The highest BCUT2D eigenvalue weighted by molar-refractivity contribution is 5.37. The smallest absolute Gasteiger partial charge is 0.255 e. The highest BCUT2D eigenvalue weighted by atomic mass is 16.1. The van der Waals surface area contributed by atoms with Crippen molar-refractivity contribution in [3.8, 4) is 0 Å². The van der Waals surface area contributed by atoms with E-state index in [0.717, 1.165) is 0 Å². The van der Waals surface area contributed by atoms with Gasteiger partial charge in [0, 0.05) is 19.2 Å². The van der Waals surface area contributed by atoms with E-state index in [2.05, 4.69) is 35.4 Å². The van der Waals surface area contributed by atoms with Crippen LogP contribution in [-0.4, -0.2) is 9.55 Å². The molecule has 0 fully saturated rings. The van der Waals surface area contributed by atoms with Gasteiger partial charge < -0.3 is 9.88 Å². The molecule has 0 aliphatic rings. The molecule has 0 amide bonds. The van der Waals surface area contributed by atoms with Crippen LogP contribution in [0, 0.1) is 6.92 Å². The predicted molar refractivity (Wildman–Crippen MR) is 72.7 cm³/mol. The number of nitrogens with one attached hydrogen (secondary N) is 1. The van der Waals surface area contributed by atoms with Gasteiger partial charge >= 0.3 is 0 Å². The molecule has 2 aromatic rings. The third-order valence-corrected chi connectivity index (χ3v) is 2.88. The van der Waals surface area contributed by atoms with Gasteiger partial charge in [0.2, 0.25) is 0 Å². The van der Waals surface area contributed by atoms with Crippen LogP contribution in [0.5, 0.6) is 0 Å². The molecule has 4 nitrogen and oxygen atoms in total. The molecule has 4 heteroatoms. The summed E-state index contributed by atoms with van der Waals surface area (Å²) in [7, 11) is 1.68. The summed E-state index contributed by atoms with van der Waals surface area (Å²) in [6, 6.07) is 9.90. The number of hydrogen-bond acceptors (Lipinski definition) is 3. The zero-order chi connectivity index (χ0) is 13.1. The highest BCUT2D eigenvalue weighted by Crippen LogP contribution is 2.17. The van der Waals surface area contributed by atoms with E-state index in [4.69, 9.17) is 0 Å². The second-order valence-electron chi connectivity index (χ2n) is 4.50. The molecule has 0 aliphatic carbocycles. The Bertz CT molecular complexity index is 604. The summed E-state index contributed by atoms with van der Waals surface area (Å²) in [6.07, 6.45) is 1.52. The molecule has 1 atom stereocenters. The molecule has 0 saturated heterocycles. The van der Waals surface area contributed by atoms with Crippen LogP contribution in [0.1, 0.15) is 24.1 Å². The van der Waals surface area contributed by atoms with E-state index in [1.807, 2.05) is 13.0 Å². The maximum absolute atomic E-state index is 11.5. The Balaban J connectivity index is 2.18. The summed E-state index contributed by atoms with van der Waals surface area (Å²) in [6.45, 7) is 4.11. The average molecular weight is 243 g/mol. The van der Waals surface area contributed by atoms with Crippen molar-refractivity contribution in [2.45, 2.75) is 19.9 Å². The van der Waals surface area contributed by atoms with Gasteiger partial charge in [-0.1, -0.05) is 29.8 Å². The van der Waals surface area contributed by atoms with Crippen molar-refractivity contribution in [3.05, 3.63) is 58.1 Å². The van der Waals surface area contributed by atoms with Gasteiger partial charge in [0.05, 0.1) is 6.33 Å². The van der Waals surface area contributed by atoms with E-state index in [-0.39, 0.29) is 11.6 Å². The van der Waals surface area contributed by atoms with Crippen molar-refractivity contribution in [1.82, 2.24) is 9.55 Å². The summed E-state index contributed by atoms with van der Waals surface area (Å²) < 4.78 is 1.45. The fourth-order valence-corrected chi connectivity index (χ4v) is 1.79. The van der Waals surface area contributed by atoms with Gasteiger partial charge in [-0.05, 0) is 19.4 Å². The summed E-state index contributed by atoms with van der Waals surface area (Å²) in [5, 5.41) is 3.23. The van der Waals surface area contributed by atoms with Crippen LogP contribution in [0.2, 0.25) is 0 Å². The van der Waals surface area contributed by atoms with Crippen molar-refractivity contribution in [2.24, 2.45) is 7.05 Å². The van der Waals surface area contributed by atoms with Crippen LogP contribution >= 0.6 is 0 Å². The van der Waals surface area contributed by atoms with Gasteiger partial charge in [0.25, 0.3) is 5.56 Å². The first-order chi connectivity index (χ1) is 8.56. The minimum atomic E-state index is -0.0658. The lowest BCUT2D eigenvalue weighted by molar-refractivity contribution is 0.809. The van der Waals surface area contributed by atoms with Gasteiger partial charge in [-0.25, -0.2) is 4.98 Å². The van der Waals surface area contributed by atoms with Crippen molar-refractivity contribution in [3.63, 3.8) is 0 Å². The molecule has 94 valence electrons. The van der Waals surface area contributed by atoms with Crippen molar-refractivity contribution >= 4 is 5.82 Å². The SMILES string of the molecule is Cc1cccc(C(C)Nc2cc(=O)n(C)cn2)c1. The zero-order valence-electron chi connectivity index (χ0n) is 10.8. The average Bonchev–Trinajstić information content (AvgIpc) is 2.34. The first-order valence-electron chi connectivity index (χ1n) is 5.92. The number of rotatable bonds is 3. The number of aromatic nitrogens is 2. The Labute approximate surface area is 106 Å². The van der Waals surface area contributed by atoms with Gasteiger partial charge in [-0.2, -0.15) is 0 Å². The second-order valence-corrected chi connectivity index (χ2v) is 4.50. The molecule has 2 rings (SSSR count). The van der Waals surface area contributed by atoms with Gasteiger partial charge in [-0.3, -0.25) is 4.79 Å². The van der Waals surface area contributed by atoms with Gasteiger partial charge in [0.1, 0.15) is 5.82 Å². The fraction of sp³-hybridized carbons (Fsp3) is 0.286. The largest absolute Gasteiger partial charge is 0.363 e. The predicted octanol–water partition coefficient (Wildman–Crippen LogP) is 2.26. The Kier molecular flexibility index (Phi) is 3.46. The highest BCUT2D eigenvalue weighted by Gasteiger charge is 2.06. The molecular formula is C14H17N3O. The molecular weight excluding hydrogens is 226 g/mol. The molecule has 0 spiro atoms. The third kappa shape index (κ3) is 2.77. The lowest BCUT2D eigenvalue weighted by atomic mass is 10.1. The summed E-state index contributed by atoms with van der Waals surface area (Å²) in [5.41, 5.74) is 2.33. The monoisotopic (exact) mass is 243 g/mol. The summed E-state index contributed by atoms with van der Waals surface area (Å²) in [4.78, 5) is 15.7. The lowest BCUT2D eigenvalue weighted by Crippen LogP contribution is -2.18. The minimum absolute atomic E-state index is 0.0658. The molecule has 0 saturated carbocycles. The van der Waals surface area contributed by atoms with Gasteiger partial charge in [0.15, 0.2) is 0 Å². The van der Waals surface area contributed by atoms with Crippen LogP contribution in [-0.2, 0) is 7.05 Å². The number of benzene rings is 1. The first kappa shape index (κ1) is 12.4. The van der Waals surface area contributed by atoms with E-state index in [9.17, 15) is 4.79 Å². The minimum Gasteiger partial charge on any atom is -0.363 e. The molecule has 1 heterocycles. The molecule has 1 aromatic heterocycles. The number of nitrogens with zero attached hydrogens (tertiary/aromatic N) is 2. The Morgan fingerprint density at radius 2 is 2.11 bits per heavy atom. The third-order valence-electron chi connectivity index (χ3n) is 2.88. The molecule has 18 heavy (non-hydrogen) atoms. The van der Waals surface area contributed by atoms with E-state index >= 15 is 0 Å². The van der Waals surface area contributed by atoms with Crippen LogP contribution in [0.3, 0.4) is 0 Å². The van der Waals surface area contributed by atoms with Gasteiger partial charge in [-0.15, -0.1) is 0 Å². The maximum atomic E-state index is 11.5. The van der Waals surface area contributed by atoms with E-state index in [1.165, 1.54) is 28.1 Å². The standard InChI is InChI=1S/C14H17N3O/c1-10-5-4-6-12(7-10)11(2)16-13-8-14(18)17(3)9-15-13/h4-9,11,16H,1-3H3. The Morgan fingerprint density at radius 3 is 2.78 bits per heavy atom. The van der Waals surface area contributed by atoms with E-state index in [1.54, 1.807) is 7.05 Å². The van der Waals surface area contributed by atoms with Crippen molar-refractivity contribution < 1.29 is 0 Å². The van der Waals surface area contributed by atoms with Crippen LogP contribution in [0.25, 0.3) is 0 Å². The fourth-order valence-electron chi connectivity index (χ4n) is 1.79. The van der Waals surface area contributed by atoms with Crippen LogP contribution in [0.4, 0.5) is 5.82 Å². The second kappa shape index (κ2) is 5.04. The quantitative estimate of drug-likeness (QED) is 0.899. The topological polar surface area (TPSA) is 46.9 Å². The first-order valence-corrected chi connectivity index (χ1v) is 5.92. The molecule has 1 aromatic carbocycles. The zero-order valence-corrected chi connectivity index (χ0v) is 10.8. The number of anilines is 1. The van der Waals surface area contributed by atoms with Crippen molar-refractivity contribution in [1.29, 1.82) is 0 Å². The van der Waals surface area contributed by atoms with E-state index in [0.29, 0.717) is 5.82 Å². The van der Waals surface area contributed by atoms with Crippen LogP contribution < -0.4 is 10.9 Å². The van der Waals surface area contributed by atoms with Crippen molar-refractivity contribution in [2.75, 3.05) is 5.32 Å². The lowest BCUT2D eigenvalue weighted by Gasteiger charge is -2.15. The molecule has 0 radical (unpaired) electrons. The summed E-state index contributed by atoms with van der Waals surface area (Å²) >= 11 is 0. The summed E-state index contributed by atoms with van der Waals surface area (Å²) in [5.74, 6) is 0.604. The van der Waals surface area contributed by atoms with E-state index < -0.39 is 0 Å². The number of hydrogen-bond donors (Lipinski definition) is 1. The molecule has 0 bridgehead atoms. The normalized spacial score (nSPS) is 12.2. The molecule has 1 unspecified atom stereocenters. The molecule has 0 aliphatic heterocycles. The number of aryl methyl sites for hydroxylation is 2. The Hall–Kier alpha value is -2.10. The van der Waals surface area contributed by atoms with Crippen LogP contribution in [0.15, 0.2) is 41.5 Å². The Morgan fingerprint density at radius 1 is 1.33 bits per heavy atom. The molecule has 1 N–H and O–H groups in total.